The Balaban J connectivity index is 1.25. The molecule has 0 radical (unpaired) electrons. The number of hydrogen-bond donors (Lipinski definition) is 2. The lowest BCUT2D eigenvalue weighted by Crippen LogP contribution is -2.16. The van der Waals surface area contributed by atoms with Crippen LogP contribution < -0.4 is 0 Å². The number of carboxylic acid groups (broad SMARTS) is 1. The summed E-state index contributed by atoms with van der Waals surface area (Å²) >= 11 is 0. The molecule has 1 saturated carbocycles. The molecule has 6 nitrogen and oxygen atoms in total. The predicted molar refractivity (Wildman–Crippen MR) is 127 cm³/mol. The first-order chi connectivity index (χ1) is 16.5. The molecule has 1 fully saturated rings. The van der Waals surface area contributed by atoms with Crippen LogP contribution in [0.1, 0.15) is 43.6 Å². The first-order valence-electron chi connectivity index (χ1n) is 11.5. The van der Waals surface area contributed by atoms with Gasteiger partial charge in [0.15, 0.2) is 11.6 Å². The first-order valence-corrected chi connectivity index (χ1v) is 11.5. The molecule has 172 valence electrons. The molecule has 0 aliphatic heterocycles. The number of carbonyl (C=O) groups is 1. The largest absolute Gasteiger partial charge is 0.481 e. The standard InChI is InChI=1S/C27H25FN4O2/c28-23-3-1-2-21(15-23)26-30-27(32-31-26)22-12-13-24(29-16-22)20-10-8-19(9-11-20)18-6-4-17(5-7-18)14-25(33)34/h1-3,8-13,15-18H,4-7,14H2,(H,33,34)(H,30,31,32)/t17-,18-. The number of aliphatic carboxylic acids is 1. The van der Waals surface area contributed by atoms with Crippen LogP contribution in [-0.2, 0) is 4.79 Å². The number of benzene rings is 2. The van der Waals surface area contributed by atoms with E-state index in [4.69, 9.17) is 5.11 Å². The summed E-state index contributed by atoms with van der Waals surface area (Å²) in [6.45, 7) is 0. The van der Waals surface area contributed by atoms with Gasteiger partial charge in [0.1, 0.15) is 5.82 Å². The van der Waals surface area contributed by atoms with E-state index in [2.05, 4.69) is 44.4 Å². The Morgan fingerprint density at radius 1 is 0.971 bits per heavy atom. The van der Waals surface area contributed by atoms with E-state index in [0.717, 1.165) is 42.5 Å². The van der Waals surface area contributed by atoms with Gasteiger partial charge in [0.05, 0.1) is 5.69 Å². The Hall–Kier alpha value is -3.87. The summed E-state index contributed by atoms with van der Waals surface area (Å²) in [7, 11) is 0. The zero-order valence-corrected chi connectivity index (χ0v) is 18.6. The van der Waals surface area contributed by atoms with Gasteiger partial charge in [-0.3, -0.25) is 14.9 Å². The Labute approximate surface area is 196 Å². The van der Waals surface area contributed by atoms with Crippen LogP contribution in [0.2, 0.25) is 0 Å². The third-order valence-electron chi connectivity index (χ3n) is 6.59. The van der Waals surface area contributed by atoms with Gasteiger partial charge in [0.25, 0.3) is 0 Å². The SMILES string of the molecule is O=C(O)C[C@H]1CC[C@H](c2ccc(-c3ccc(-c4nc(-c5cccc(F)c5)n[nH]4)cn3)cc2)CC1. The maximum Gasteiger partial charge on any atom is 0.303 e. The number of halogens is 1. The molecule has 0 saturated heterocycles. The van der Waals surface area contributed by atoms with Crippen molar-refractivity contribution in [1.29, 1.82) is 0 Å². The van der Waals surface area contributed by atoms with Crippen molar-refractivity contribution in [2.75, 3.05) is 0 Å². The number of aromatic nitrogens is 4. The van der Waals surface area contributed by atoms with Crippen LogP contribution >= 0.6 is 0 Å². The van der Waals surface area contributed by atoms with Gasteiger partial charge in [-0.2, -0.15) is 5.10 Å². The number of rotatable bonds is 6. The van der Waals surface area contributed by atoms with Crippen molar-refractivity contribution in [3.8, 4) is 34.0 Å². The third-order valence-corrected chi connectivity index (χ3v) is 6.59. The van der Waals surface area contributed by atoms with E-state index in [0.29, 0.717) is 29.0 Å². The number of carboxylic acids is 1. The van der Waals surface area contributed by atoms with E-state index in [1.165, 1.54) is 17.7 Å². The highest BCUT2D eigenvalue weighted by Gasteiger charge is 2.24. The molecule has 0 spiro atoms. The number of nitrogens with zero attached hydrogens (tertiary/aromatic N) is 3. The average molecular weight is 457 g/mol. The zero-order valence-electron chi connectivity index (χ0n) is 18.6. The summed E-state index contributed by atoms with van der Waals surface area (Å²) in [5, 5.41) is 16.1. The predicted octanol–water partition coefficient (Wildman–Crippen LogP) is 6.09. The molecule has 2 aromatic carbocycles. The minimum absolute atomic E-state index is 0.285. The maximum absolute atomic E-state index is 13.5. The highest BCUT2D eigenvalue weighted by molar-refractivity contribution is 5.67. The van der Waals surface area contributed by atoms with Gasteiger partial charge < -0.3 is 5.11 Å². The van der Waals surface area contributed by atoms with E-state index in [9.17, 15) is 9.18 Å². The number of nitrogens with one attached hydrogen (secondary N) is 1. The molecule has 0 amide bonds. The van der Waals surface area contributed by atoms with Crippen LogP contribution in [0.5, 0.6) is 0 Å². The van der Waals surface area contributed by atoms with Crippen LogP contribution in [-0.4, -0.2) is 31.2 Å². The van der Waals surface area contributed by atoms with Crippen LogP contribution in [0, 0.1) is 11.7 Å². The molecular weight excluding hydrogens is 431 g/mol. The van der Waals surface area contributed by atoms with E-state index >= 15 is 0 Å². The van der Waals surface area contributed by atoms with E-state index in [1.54, 1.807) is 18.3 Å². The second-order valence-corrected chi connectivity index (χ2v) is 8.89. The first kappa shape index (κ1) is 21.9. The van der Waals surface area contributed by atoms with Crippen LogP contribution in [0.3, 0.4) is 0 Å². The summed E-state index contributed by atoms with van der Waals surface area (Å²) in [6.07, 6.45) is 6.07. The number of hydrogen-bond acceptors (Lipinski definition) is 4. The Kier molecular flexibility index (Phi) is 6.16. The van der Waals surface area contributed by atoms with Gasteiger partial charge in [-0.05, 0) is 67.3 Å². The molecule has 1 aliphatic carbocycles. The fourth-order valence-electron chi connectivity index (χ4n) is 4.73. The lowest BCUT2D eigenvalue weighted by molar-refractivity contribution is -0.138. The fraction of sp³-hybridized carbons (Fsp3) is 0.259. The number of aromatic amines is 1. The maximum atomic E-state index is 13.5. The van der Waals surface area contributed by atoms with Crippen molar-refractivity contribution >= 4 is 5.97 Å². The Bertz CT molecular complexity index is 1280. The summed E-state index contributed by atoms with van der Waals surface area (Å²) in [5.41, 5.74) is 4.62. The Morgan fingerprint density at radius 2 is 1.74 bits per heavy atom. The van der Waals surface area contributed by atoms with Gasteiger partial charge in [0.2, 0.25) is 0 Å². The third kappa shape index (κ3) is 4.88. The fourth-order valence-corrected chi connectivity index (χ4v) is 4.73. The summed E-state index contributed by atoms with van der Waals surface area (Å²) in [6, 6.07) is 18.6. The minimum atomic E-state index is -0.693. The van der Waals surface area contributed by atoms with Gasteiger partial charge in [-0.25, -0.2) is 9.37 Å². The van der Waals surface area contributed by atoms with Gasteiger partial charge >= 0.3 is 5.97 Å². The van der Waals surface area contributed by atoms with Crippen molar-refractivity contribution in [3.05, 3.63) is 78.2 Å². The van der Waals surface area contributed by atoms with Gasteiger partial charge in [-0.1, -0.05) is 36.4 Å². The lowest BCUT2D eigenvalue weighted by Gasteiger charge is -2.28. The molecule has 0 bridgehead atoms. The molecule has 0 atom stereocenters. The van der Waals surface area contributed by atoms with Gasteiger partial charge in [0, 0.05) is 29.3 Å². The molecule has 1 aliphatic rings. The smallest absolute Gasteiger partial charge is 0.303 e. The molecule has 0 unspecified atom stereocenters. The average Bonchev–Trinajstić information content (AvgIpc) is 3.35. The normalized spacial score (nSPS) is 18.0. The molecule has 2 N–H and O–H groups in total. The molecule has 2 aromatic heterocycles. The number of H-pyrrole nitrogens is 1. The van der Waals surface area contributed by atoms with Gasteiger partial charge in [-0.15, -0.1) is 0 Å². The summed E-state index contributed by atoms with van der Waals surface area (Å²) in [5.74, 6) is 0.796. The van der Waals surface area contributed by atoms with Crippen molar-refractivity contribution < 1.29 is 14.3 Å². The quantitative estimate of drug-likeness (QED) is 0.366. The topological polar surface area (TPSA) is 91.8 Å². The zero-order chi connectivity index (χ0) is 23.5. The molecule has 7 heteroatoms. The van der Waals surface area contributed by atoms with E-state index in [-0.39, 0.29) is 12.2 Å². The summed E-state index contributed by atoms with van der Waals surface area (Å²) in [4.78, 5) is 20.0. The molecule has 4 aromatic rings. The van der Waals surface area contributed by atoms with Crippen molar-refractivity contribution in [2.45, 2.75) is 38.0 Å². The monoisotopic (exact) mass is 456 g/mol. The van der Waals surface area contributed by atoms with Crippen molar-refractivity contribution in [1.82, 2.24) is 20.2 Å². The van der Waals surface area contributed by atoms with Crippen molar-refractivity contribution in [2.24, 2.45) is 5.92 Å². The highest BCUT2D eigenvalue weighted by Crippen LogP contribution is 2.37. The van der Waals surface area contributed by atoms with Crippen LogP contribution in [0.15, 0.2) is 66.9 Å². The van der Waals surface area contributed by atoms with Crippen LogP contribution in [0.4, 0.5) is 4.39 Å². The second-order valence-electron chi connectivity index (χ2n) is 8.89. The molecule has 2 heterocycles. The van der Waals surface area contributed by atoms with Crippen LogP contribution in [0.25, 0.3) is 34.0 Å². The van der Waals surface area contributed by atoms with E-state index in [1.807, 2.05) is 12.1 Å². The molecule has 34 heavy (non-hydrogen) atoms. The Morgan fingerprint density at radius 3 is 2.41 bits per heavy atom. The van der Waals surface area contributed by atoms with Crippen molar-refractivity contribution in [3.63, 3.8) is 0 Å². The minimum Gasteiger partial charge on any atom is -0.481 e. The second kappa shape index (κ2) is 9.55. The highest BCUT2D eigenvalue weighted by atomic mass is 19.1. The summed E-state index contributed by atoms with van der Waals surface area (Å²) < 4.78 is 13.5. The van der Waals surface area contributed by atoms with E-state index < -0.39 is 5.97 Å². The molecule has 5 rings (SSSR count). The number of pyridine rings is 1. The lowest BCUT2D eigenvalue weighted by atomic mass is 9.77. The molecular formula is C27H25FN4O2.